The van der Waals surface area contributed by atoms with Gasteiger partial charge in [-0.2, -0.15) is 0 Å². The Hall–Kier alpha value is -0.830. The lowest BCUT2D eigenvalue weighted by Crippen LogP contribution is -2.34. The zero-order chi connectivity index (χ0) is 13.2. The molecule has 1 amide bonds. The highest BCUT2D eigenvalue weighted by Crippen LogP contribution is 2.19. The predicted octanol–water partition coefficient (Wildman–Crippen LogP) is 2.77. The third-order valence-electron chi connectivity index (χ3n) is 3.56. The molecule has 104 valence electrons. The van der Waals surface area contributed by atoms with E-state index in [-0.39, 0.29) is 5.91 Å². The first-order valence-electron chi connectivity index (χ1n) is 7.40. The molecule has 18 heavy (non-hydrogen) atoms. The Balaban J connectivity index is 1.98. The molecule has 1 unspecified atom stereocenters. The summed E-state index contributed by atoms with van der Waals surface area (Å²) < 4.78 is 0. The van der Waals surface area contributed by atoms with Crippen LogP contribution in [0.3, 0.4) is 0 Å². The molecule has 1 aliphatic carbocycles. The van der Waals surface area contributed by atoms with Crippen LogP contribution in [0.5, 0.6) is 0 Å². The molecule has 0 spiro atoms. The average molecular weight is 252 g/mol. The number of allylic oxidation sites excluding steroid dienone is 1. The highest BCUT2D eigenvalue weighted by atomic mass is 16.1. The van der Waals surface area contributed by atoms with Gasteiger partial charge in [0.1, 0.15) is 0 Å². The minimum Gasteiger partial charge on any atom is -0.354 e. The molecule has 0 aliphatic heterocycles. The number of carbonyl (C=O) groups is 1. The molecule has 0 saturated carbocycles. The van der Waals surface area contributed by atoms with Crippen molar-refractivity contribution in [2.24, 2.45) is 0 Å². The van der Waals surface area contributed by atoms with Crippen LogP contribution in [-0.4, -0.2) is 25.0 Å². The van der Waals surface area contributed by atoms with Crippen molar-refractivity contribution in [3.05, 3.63) is 11.6 Å². The summed E-state index contributed by atoms with van der Waals surface area (Å²) in [4.78, 5) is 11.5. The fraction of sp³-hybridized carbons (Fsp3) is 0.800. The number of rotatable bonds is 8. The van der Waals surface area contributed by atoms with Gasteiger partial charge in [0.25, 0.3) is 0 Å². The summed E-state index contributed by atoms with van der Waals surface area (Å²) in [5.74, 6) is 0.161. The van der Waals surface area contributed by atoms with E-state index in [9.17, 15) is 4.79 Å². The fourth-order valence-electron chi connectivity index (χ4n) is 2.16. The van der Waals surface area contributed by atoms with Gasteiger partial charge in [-0.05, 0) is 52.0 Å². The normalized spacial score (nSPS) is 17.1. The molecular weight excluding hydrogens is 224 g/mol. The maximum absolute atomic E-state index is 11.5. The first-order chi connectivity index (χ1) is 8.72. The number of hydrogen-bond donors (Lipinski definition) is 2. The van der Waals surface area contributed by atoms with Crippen LogP contribution in [0.1, 0.15) is 58.8 Å². The SMILES string of the molecule is CCC(C)NC(=O)CCNCCC1=CCCCC1. The van der Waals surface area contributed by atoms with Gasteiger partial charge in [0.15, 0.2) is 0 Å². The second-order valence-electron chi connectivity index (χ2n) is 5.23. The highest BCUT2D eigenvalue weighted by Gasteiger charge is 2.05. The Labute approximate surface area is 111 Å². The van der Waals surface area contributed by atoms with E-state index >= 15 is 0 Å². The van der Waals surface area contributed by atoms with Crippen molar-refractivity contribution >= 4 is 5.91 Å². The summed E-state index contributed by atoms with van der Waals surface area (Å²) in [6.07, 6.45) is 10.4. The van der Waals surface area contributed by atoms with Gasteiger partial charge in [0.05, 0.1) is 0 Å². The largest absolute Gasteiger partial charge is 0.354 e. The van der Waals surface area contributed by atoms with Crippen molar-refractivity contribution in [3.63, 3.8) is 0 Å². The van der Waals surface area contributed by atoms with Crippen LogP contribution >= 0.6 is 0 Å². The maximum Gasteiger partial charge on any atom is 0.221 e. The number of amides is 1. The van der Waals surface area contributed by atoms with Crippen LogP contribution in [0.25, 0.3) is 0 Å². The van der Waals surface area contributed by atoms with Gasteiger partial charge in [-0.15, -0.1) is 0 Å². The molecule has 1 aliphatic rings. The van der Waals surface area contributed by atoms with Crippen molar-refractivity contribution in [1.29, 1.82) is 0 Å². The van der Waals surface area contributed by atoms with Gasteiger partial charge >= 0.3 is 0 Å². The molecule has 0 aromatic rings. The van der Waals surface area contributed by atoms with E-state index in [0.29, 0.717) is 12.5 Å². The van der Waals surface area contributed by atoms with Crippen LogP contribution in [0, 0.1) is 0 Å². The van der Waals surface area contributed by atoms with E-state index in [0.717, 1.165) is 25.9 Å². The van der Waals surface area contributed by atoms with E-state index in [1.165, 1.54) is 25.7 Å². The monoisotopic (exact) mass is 252 g/mol. The van der Waals surface area contributed by atoms with E-state index in [1.54, 1.807) is 5.57 Å². The fourth-order valence-corrected chi connectivity index (χ4v) is 2.16. The van der Waals surface area contributed by atoms with Crippen LogP contribution in [0.4, 0.5) is 0 Å². The molecular formula is C15H28N2O. The van der Waals surface area contributed by atoms with Crippen molar-refractivity contribution in [1.82, 2.24) is 10.6 Å². The quantitative estimate of drug-likeness (QED) is 0.515. The molecule has 1 atom stereocenters. The molecule has 0 aromatic carbocycles. The van der Waals surface area contributed by atoms with Gasteiger partial charge in [-0.25, -0.2) is 0 Å². The molecule has 0 aromatic heterocycles. The van der Waals surface area contributed by atoms with E-state index in [2.05, 4.69) is 23.6 Å². The average Bonchev–Trinajstić information content (AvgIpc) is 2.39. The summed E-state index contributed by atoms with van der Waals surface area (Å²) in [7, 11) is 0. The summed E-state index contributed by atoms with van der Waals surface area (Å²) in [6.45, 7) is 5.92. The molecule has 0 bridgehead atoms. The Bertz CT molecular complexity index is 274. The van der Waals surface area contributed by atoms with Gasteiger partial charge in [-0.1, -0.05) is 18.6 Å². The summed E-state index contributed by atoms with van der Waals surface area (Å²) in [6, 6.07) is 0.296. The molecule has 0 saturated heterocycles. The van der Waals surface area contributed by atoms with Gasteiger partial charge in [-0.3, -0.25) is 4.79 Å². The Morgan fingerprint density at radius 1 is 1.39 bits per heavy atom. The van der Waals surface area contributed by atoms with Crippen molar-refractivity contribution in [2.45, 2.75) is 64.8 Å². The molecule has 3 nitrogen and oxygen atoms in total. The van der Waals surface area contributed by atoms with Crippen molar-refractivity contribution in [3.8, 4) is 0 Å². The summed E-state index contributed by atoms with van der Waals surface area (Å²) in [5, 5.41) is 6.33. The van der Waals surface area contributed by atoms with Gasteiger partial charge in [0.2, 0.25) is 5.91 Å². The lowest BCUT2D eigenvalue weighted by Gasteiger charge is -2.13. The molecule has 0 radical (unpaired) electrons. The lowest BCUT2D eigenvalue weighted by molar-refractivity contribution is -0.121. The Kier molecular flexibility index (Phi) is 7.74. The zero-order valence-electron chi connectivity index (χ0n) is 11.9. The number of carbonyl (C=O) groups excluding carboxylic acids is 1. The first-order valence-corrected chi connectivity index (χ1v) is 7.40. The lowest BCUT2D eigenvalue weighted by atomic mass is 9.97. The predicted molar refractivity (Wildman–Crippen MR) is 76.6 cm³/mol. The zero-order valence-corrected chi connectivity index (χ0v) is 11.9. The first kappa shape index (κ1) is 15.2. The van der Waals surface area contributed by atoms with E-state index in [4.69, 9.17) is 0 Å². The van der Waals surface area contributed by atoms with E-state index < -0.39 is 0 Å². The molecule has 3 heteroatoms. The minimum absolute atomic E-state index is 0.161. The topological polar surface area (TPSA) is 41.1 Å². The van der Waals surface area contributed by atoms with Crippen LogP contribution in [0.2, 0.25) is 0 Å². The summed E-state index contributed by atoms with van der Waals surface area (Å²) >= 11 is 0. The van der Waals surface area contributed by atoms with Crippen LogP contribution < -0.4 is 10.6 Å². The number of hydrogen-bond acceptors (Lipinski definition) is 2. The van der Waals surface area contributed by atoms with Gasteiger partial charge in [0, 0.05) is 19.0 Å². The second-order valence-corrected chi connectivity index (χ2v) is 5.23. The van der Waals surface area contributed by atoms with Crippen molar-refractivity contribution < 1.29 is 4.79 Å². The molecule has 2 N–H and O–H groups in total. The Morgan fingerprint density at radius 3 is 2.89 bits per heavy atom. The van der Waals surface area contributed by atoms with Gasteiger partial charge < -0.3 is 10.6 Å². The van der Waals surface area contributed by atoms with Crippen LogP contribution in [-0.2, 0) is 4.79 Å². The van der Waals surface area contributed by atoms with E-state index in [1.807, 2.05) is 6.92 Å². The highest BCUT2D eigenvalue weighted by molar-refractivity contribution is 5.76. The Morgan fingerprint density at radius 2 is 2.22 bits per heavy atom. The standard InChI is InChI=1S/C15H28N2O/c1-3-13(2)17-15(18)10-12-16-11-9-14-7-5-4-6-8-14/h7,13,16H,3-6,8-12H2,1-2H3,(H,17,18). The third kappa shape index (κ3) is 6.80. The molecule has 0 fully saturated rings. The third-order valence-corrected chi connectivity index (χ3v) is 3.56. The molecule has 1 rings (SSSR count). The van der Waals surface area contributed by atoms with Crippen LogP contribution in [0.15, 0.2) is 11.6 Å². The minimum atomic E-state index is 0.161. The smallest absolute Gasteiger partial charge is 0.221 e. The maximum atomic E-state index is 11.5. The van der Waals surface area contributed by atoms with Crippen molar-refractivity contribution in [2.75, 3.05) is 13.1 Å². The second kappa shape index (κ2) is 9.15. The number of nitrogens with one attached hydrogen (secondary N) is 2. The molecule has 0 heterocycles. The summed E-state index contributed by atoms with van der Waals surface area (Å²) in [5.41, 5.74) is 1.60.